The molecule has 1 amide bonds. The Hall–Kier alpha value is -4.07. The van der Waals surface area contributed by atoms with E-state index in [9.17, 15) is 4.79 Å². The van der Waals surface area contributed by atoms with Crippen LogP contribution in [0.1, 0.15) is 27.2 Å². The summed E-state index contributed by atoms with van der Waals surface area (Å²) >= 11 is 0. The second-order valence-electron chi connectivity index (χ2n) is 9.08. The summed E-state index contributed by atoms with van der Waals surface area (Å²) in [4.78, 5) is 28.7. The van der Waals surface area contributed by atoms with Gasteiger partial charge in [-0.2, -0.15) is 5.10 Å². The van der Waals surface area contributed by atoms with Crippen LogP contribution in [0.4, 0.5) is 5.69 Å². The average molecular weight is 425 g/mol. The molecule has 0 saturated carbocycles. The van der Waals surface area contributed by atoms with Crippen molar-refractivity contribution in [3.05, 3.63) is 55.2 Å². The van der Waals surface area contributed by atoms with Crippen LogP contribution in [0.15, 0.2) is 55.2 Å². The first-order valence-corrected chi connectivity index (χ1v) is 10.4. The summed E-state index contributed by atoms with van der Waals surface area (Å²) in [7, 11) is 0. The molecule has 5 aromatic rings. The molecule has 0 aromatic carbocycles. The zero-order valence-corrected chi connectivity index (χ0v) is 18.1. The van der Waals surface area contributed by atoms with Crippen LogP contribution in [0, 0.1) is 5.41 Å². The van der Waals surface area contributed by atoms with Crippen molar-refractivity contribution in [1.82, 2.24) is 30.1 Å². The zero-order valence-electron chi connectivity index (χ0n) is 18.1. The van der Waals surface area contributed by atoms with Gasteiger partial charge in [-0.1, -0.05) is 20.8 Å². The lowest BCUT2D eigenvalue weighted by atomic mass is 9.92. The first-order chi connectivity index (χ1) is 15.4. The first-order valence-electron chi connectivity index (χ1n) is 10.4. The molecule has 5 aromatic heterocycles. The number of H-pyrrole nitrogens is 2. The summed E-state index contributed by atoms with van der Waals surface area (Å²) in [5, 5.41) is 12.5. The number of carbonyl (C=O) groups excluding carboxylic acids is 1. The molecular weight excluding hydrogens is 402 g/mol. The third kappa shape index (κ3) is 3.94. The fourth-order valence-corrected chi connectivity index (χ4v) is 3.71. The summed E-state index contributed by atoms with van der Waals surface area (Å²) < 4.78 is 0. The number of rotatable bonds is 4. The van der Waals surface area contributed by atoms with E-state index < -0.39 is 0 Å². The number of aromatic nitrogens is 6. The van der Waals surface area contributed by atoms with Gasteiger partial charge in [-0.05, 0) is 29.7 Å². The lowest BCUT2D eigenvalue weighted by molar-refractivity contribution is -0.117. The van der Waals surface area contributed by atoms with E-state index >= 15 is 0 Å². The molecule has 0 aliphatic carbocycles. The van der Waals surface area contributed by atoms with Crippen molar-refractivity contribution < 1.29 is 4.79 Å². The van der Waals surface area contributed by atoms with E-state index in [0.29, 0.717) is 12.1 Å². The van der Waals surface area contributed by atoms with Crippen molar-refractivity contribution in [2.75, 3.05) is 5.32 Å². The molecule has 0 aliphatic heterocycles. The Morgan fingerprint density at radius 1 is 1.03 bits per heavy atom. The average Bonchev–Trinajstić information content (AvgIpc) is 3.35. The lowest BCUT2D eigenvalue weighted by Crippen LogP contribution is -2.19. The Morgan fingerprint density at radius 2 is 1.91 bits per heavy atom. The second kappa shape index (κ2) is 7.56. The van der Waals surface area contributed by atoms with E-state index in [0.717, 1.165) is 44.5 Å². The largest absolute Gasteiger partial charge is 0.352 e. The number of pyridine rings is 3. The zero-order chi connectivity index (χ0) is 22.3. The molecule has 0 saturated heterocycles. The van der Waals surface area contributed by atoms with E-state index in [4.69, 9.17) is 0 Å². The maximum absolute atomic E-state index is 12.3. The SMILES string of the molecule is CC(C)(C)CC(=O)Nc1cncc(-c2cc3c(-c4cc5ccncc5[nH]4)n[nH]c3cn2)c1. The predicted molar refractivity (Wildman–Crippen MR) is 125 cm³/mol. The summed E-state index contributed by atoms with van der Waals surface area (Å²) in [6.07, 6.45) is 9.14. The molecule has 8 heteroatoms. The highest BCUT2D eigenvalue weighted by molar-refractivity contribution is 5.97. The molecule has 0 radical (unpaired) electrons. The highest BCUT2D eigenvalue weighted by atomic mass is 16.1. The minimum atomic E-state index is -0.0852. The van der Waals surface area contributed by atoms with Crippen LogP contribution in [-0.4, -0.2) is 36.0 Å². The fraction of sp³-hybridized carbons (Fsp3) is 0.208. The first kappa shape index (κ1) is 19.9. The third-order valence-electron chi connectivity index (χ3n) is 5.13. The molecule has 0 spiro atoms. The highest BCUT2D eigenvalue weighted by Crippen LogP contribution is 2.31. The molecule has 5 heterocycles. The predicted octanol–water partition coefficient (Wildman–Crippen LogP) is 4.94. The normalized spacial score (nSPS) is 11.8. The lowest BCUT2D eigenvalue weighted by Gasteiger charge is -2.17. The Balaban J connectivity index is 1.49. The van der Waals surface area contributed by atoms with Gasteiger partial charge < -0.3 is 10.3 Å². The molecule has 160 valence electrons. The molecule has 8 nitrogen and oxygen atoms in total. The Bertz CT molecular complexity index is 1410. The van der Waals surface area contributed by atoms with E-state index in [1.165, 1.54) is 0 Å². The van der Waals surface area contributed by atoms with Gasteiger partial charge in [-0.3, -0.25) is 24.8 Å². The number of fused-ring (bicyclic) bond motifs is 2. The Morgan fingerprint density at radius 3 is 2.72 bits per heavy atom. The summed E-state index contributed by atoms with van der Waals surface area (Å²) in [6, 6.07) is 7.88. The minimum absolute atomic E-state index is 0.0368. The number of amides is 1. The van der Waals surface area contributed by atoms with Crippen molar-refractivity contribution >= 4 is 33.4 Å². The smallest absolute Gasteiger partial charge is 0.224 e. The summed E-state index contributed by atoms with van der Waals surface area (Å²) in [6.45, 7) is 6.10. The maximum atomic E-state index is 12.3. The van der Waals surface area contributed by atoms with Crippen molar-refractivity contribution in [3.63, 3.8) is 0 Å². The summed E-state index contributed by atoms with van der Waals surface area (Å²) in [5.41, 5.74) is 5.62. The van der Waals surface area contributed by atoms with Crippen LogP contribution in [0.2, 0.25) is 0 Å². The number of anilines is 1. The van der Waals surface area contributed by atoms with Crippen molar-refractivity contribution in [2.24, 2.45) is 5.41 Å². The molecular formula is C24H23N7O. The van der Waals surface area contributed by atoms with Crippen molar-refractivity contribution in [3.8, 4) is 22.6 Å². The van der Waals surface area contributed by atoms with Crippen LogP contribution in [0.5, 0.6) is 0 Å². The highest BCUT2D eigenvalue weighted by Gasteiger charge is 2.17. The van der Waals surface area contributed by atoms with Crippen molar-refractivity contribution in [1.29, 1.82) is 0 Å². The van der Waals surface area contributed by atoms with E-state index in [1.54, 1.807) is 31.0 Å². The van der Waals surface area contributed by atoms with E-state index in [-0.39, 0.29) is 11.3 Å². The molecule has 0 fully saturated rings. The van der Waals surface area contributed by atoms with Gasteiger partial charge in [0.05, 0.1) is 46.7 Å². The van der Waals surface area contributed by atoms with Gasteiger partial charge in [-0.25, -0.2) is 0 Å². The number of hydrogen-bond acceptors (Lipinski definition) is 5. The number of nitrogens with one attached hydrogen (secondary N) is 3. The molecule has 0 bridgehead atoms. The third-order valence-corrected chi connectivity index (χ3v) is 5.13. The summed E-state index contributed by atoms with van der Waals surface area (Å²) in [5.74, 6) is -0.0368. The van der Waals surface area contributed by atoms with Gasteiger partial charge in [0, 0.05) is 35.2 Å². The van der Waals surface area contributed by atoms with Gasteiger partial charge in [0.1, 0.15) is 5.69 Å². The molecule has 32 heavy (non-hydrogen) atoms. The maximum Gasteiger partial charge on any atom is 0.224 e. The minimum Gasteiger partial charge on any atom is -0.352 e. The van der Waals surface area contributed by atoms with Crippen LogP contribution in [0.3, 0.4) is 0 Å². The molecule has 0 aliphatic rings. The van der Waals surface area contributed by atoms with Gasteiger partial charge in [0.25, 0.3) is 0 Å². The number of carbonyl (C=O) groups is 1. The molecule has 5 rings (SSSR count). The van der Waals surface area contributed by atoms with Crippen LogP contribution in [-0.2, 0) is 4.79 Å². The fourth-order valence-electron chi connectivity index (χ4n) is 3.71. The molecule has 0 atom stereocenters. The van der Waals surface area contributed by atoms with Gasteiger partial charge in [0.2, 0.25) is 5.91 Å². The standard InChI is InChI=1S/C24H23N7O/c1-24(2,3)9-22(32)28-16-6-15(10-26-11-16)18-8-17-21(13-27-18)30-31-23(17)19-7-14-4-5-25-12-20(14)29-19/h4-8,10-13,29H,9H2,1-3H3,(H,28,32)(H,30,31). The number of aromatic amines is 2. The van der Waals surface area contributed by atoms with Gasteiger partial charge >= 0.3 is 0 Å². The van der Waals surface area contributed by atoms with Crippen LogP contribution < -0.4 is 5.32 Å². The van der Waals surface area contributed by atoms with Crippen LogP contribution >= 0.6 is 0 Å². The molecule has 3 N–H and O–H groups in total. The van der Waals surface area contributed by atoms with E-state index in [1.807, 2.05) is 39.0 Å². The number of nitrogens with zero attached hydrogens (tertiary/aromatic N) is 4. The van der Waals surface area contributed by atoms with Gasteiger partial charge in [0.15, 0.2) is 0 Å². The molecule has 0 unspecified atom stereocenters. The Labute approximate surface area is 184 Å². The monoisotopic (exact) mass is 425 g/mol. The number of hydrogen-bond donors (Lipinski definition) is 3. The van der Waals surface area contributed by atoms with E-state index in [2.05, 4.69) is 41.5 Å². The quantitative estimate of drug-likeness (QED) is 0.378. The topological polar surface area (TPSA) is 112 Å². The van der Waals surface area contributed by atoms with Gasteiger partial charge in [-0.15, -0.1) is 0 Å². The Kier molecular flexibility index (Phi) is 4.70. The second-order valence-corrected chi connectivity index (χ2v) is 9.08. The van der Waals surface area contributed by atoms with Crippen LogP contribution in [0.25, 0.3) is 44.5 Å². The van der Waals surface area contributed by atoms with Crippen molar-refractivity contribution in [2.45, 2.75) is 27.2 Å².